The molecule has 1 unspecified atom stereocenters. The third kappa shape index (κ3) is 2.73. The van der Waals surface area contributed by atoms with Gasteiger partial charge in [-0.1, -0.05) is 17.7 Å². The molecule has 0 radical (unpaired) electrons. The first kappa shape index (κ1) is 11.8. The lowest BCUT2D eigenvalue weighted by atomic mass is 10.0. The Morgan fingerprint density at radius 3 is 3.00 bits per heavy atom. The second-order valence-corrected chi connectivity index (χ2v) is 4.87. The largest absolute Gasteiger partial charge is 0.379 e. The zero-order chi connectivity index (χ0) is 11.6. The molecule has 1 atom stereocenters. The summed E-state index contributed by atoms with van der Waals surface area (Å²) in [5.41, 5.74) is 0.908. The Balaban J connectivity index is 1.96. The molecular weight excluding hydrogens is 229 g/mol. The van der Waals surface area contributed by atoms with Crippen LogP contribution >= 0.6 is 11.6 Å². The highest BCUT2D eigenvalue weighted by Crippen LogP contribution is 2.19. The molecule has 1 aromatic carbocycles. The Kier molecular flexibility index (Phi) is 3.47. The number of nitrogens with one attached hydrogen (secondary N) is 1. The summed E-state index contributed by atoms with van der Waals surface area (Å²) in [4.78, 5) is 0. The van der Waals surface area contributed by atoms with Crippen LogP contribution in [0.5, 0.6) is 0 Å². The topological polar surface area (TPSA) is 21.3 Å². The van der Waals surface area contributed by atoms with Crippen LogP contribution in [-0.2, 0) is 11.3 Å². The first-order chi connectivity index (χ1) is 7.59. The van der Waals surface area contributed by atoms with E-state index in [-0.39, 0.29) is 16.4 Å². The summed E-state index contributed by atoms with van der Waals surface area (Å²) in [6.07, 6.45) is 0.989. The van der Waals surface area contributed by atoms with Gasteiger partial charge in [0.25, 0.3) is 0 Å². The van der Waals surface area contributed by atoms with E-state index in [0.717, 1.165) is 18.6 Å². The van der Waals surface area contributed by atoms with Crippen LogP contribution in [0.2, 0.25) is 5.02 Å². The predicted octanol–water partition coefficient (Wildman–Crippen LogP) is 2.75. The third-order valence-electron chi connectivity index (χ3n) is 2.92. The van der Waals surface area contributed by atoms with Crippen molar-refractivity contribution in [3.63, 3.8) is 0 Å². The highest BCUT2D eigenvalue weighted by molar-refractivity contribution is 6.30. The minimum Gasteiger partial charge on any atom is -0.379 e. The first-order valence-corrected chi connectivity index (χ1v) is 5.74. The minimum atomic E-state index is -0.367. The van der Waals surface area contributed by atoms with Crippen molar-refractivity contribution in [2.24, 2.45) is 0 Å². The summed E-state index contributed by atoms with van der Waals surface area (Å²) in [5.74, 6) is -0.367. The molecule has 0 spiro atoms. The molecule has 0 aromatic heterocycles. The van der Waals surface area contributed by atoms with E-state index in [9.17, 15) is 4.39 Å². The van der Waals surface area contributed by atoms with E-state index in [0.29, 0.717) is 13.2 Å². The number of benzene rings is 1. The number of halogens is 2. The van der Waals surface area contributed by atoms with Gasteiger partial charge in [0, 0.05) is 18.7 Å². The van der Waals surface area contributed by atoms with E-state index in [1.54, 1.807) is 6.07 Å². The summed E-state index contributed by atoms with van der Waals surface area (Å²) in [5, 5.41) is 3.55. The van der Waals surface area contributed by atoms with E-state index in [4.69, 9.17) is 16.3 Å². The summed E-state index contributed by atoms with van der Waals surface area (Å²) >= 11 is 5.62. The molecule has 4 heteroatoms. The van der Waals surface area contributed by atoms with E-state index in [1.165, 1.54) is 6.07 Å². The molecule has 1 fully saturated rings. The molecule has 1 aliphatic rings. The van der Waals surface area contributed by atoms with E-state index >= 15 is 0 Å². The molecule has 0 bridgehead atoms. The van der Waals surface area contributed by atoms with Crippen LogP contribution in [0.25, 0.3) is 0 Å². The van der Waals surface area contributed by atoms with E-state index in [1.807, 2.05) is 6.07 Å². The normalized spacial score (nSPS) is 24.9. The van der Waals surface area contributed by atoms with Crippen molar-refractivity contribution in [3.05, 3.63) is 34.6 Å². The molecule has 1 saturated heterocycles. The monoisotopic (exact) mass is 243 g/mol. The zero-order valence-electron chi connectivity index (χ0n) is 9.22. The Morgan fingerprint density at radius 1 is 1.56 bits per heavy atom. The molecule has 0 amide bonds. The first-order valence-electron chi connectivity index (χ1n) is 5.36. The SMILES string of the molecule is CC1(NCc2ccc(Cl)c(F)c2)CCOC1. The Morgan fingerprint density at radius 2 is 2.38 bits per heavy atom. The predicted molar refractivity (Wildman–Crippen MR) is 62.1 cm³/mol. The van der Waals surface area contributed by atoms with Gasteiger partial charge in [0.2, 0.25) is 0 Å². The van der Waals surface area contributed by atoms with Gasteiger partial charge in [-0.15, -0.1) is 0 Å². The van der Waals surface area contributed by atoms with Crippen LogP contribution in [0.1, 0.15) is 18.9 Å². The quantitative estimate of drug-likeness (QED) is 0.882. The second kappa shape index (κ2) is 4.70. The average Bonchev–Trinajstić information content (AvgIpc) is 2.68. The number of rotatable bonds is 3. The summed E-state index contributed by atoms with van der Waals surface area (Å²) < 4.78 is 18.5. The number of hydrogen-bond acceptors (Lipinski definition) is 2. The van der Waals surface area contributed by atoms with Crippen molar-refractivity contribution in [1.82, 2.24) is 5.32 Å². The molecule has 16 heavy (non-hydrogen) atoms. The molecule has 2 rings (SSSR count). The molecular formula is C12H15ClFNO. The van der Waals surface area contributed by atoms with Gasteiger partial charge in [-0.25, -0.2) is 4.39 Å². The van der Waals surface area contributed by atoms with Crippen LogP contribution in [0.15, 0.2) is 18.2 Å². The molecule has 1 heterocycles. The maximum Gasteiger partial charge on any atom is 0.142 e. The second-order valence-electron chi connectivity index (χ2n) is 4.47. The van der Waals surface area contributed by atoms with E-state index < -0.39 is 0 Å². The van der Waals surface area contributed by atoms with Crippen LogP contribution in [0, 0.1) is 5.82 Å². The van der Waals surface area contributed by atoms with Gasteiger partial charge in [-0.3, -0.25) is 0 Å². The molecule has 0 saturated carbocycles. The maximum atomic E-state index is 13.2. The average molecular weight is 244 g/mol. The lowest BCUT2D eigenvalue weighted by Gasteiger charge is -2.23. The van der Waals surface area contributed by atoms with Crippen molar-refractivity contribution < 1.29 is 9.13 Å². The van der Waals surface area contributed by atoms with Crippen LogP contribution < -0.4 is 5.32 Å². The third-order valence-corrected chi connectivity index (χ3v) is 3.23. The van der Waals surface area contributed by atoms with Crippen LogP contribution in [0.3, 0.4) is 0 Å². The molecule has 1 aromatic rings. The van der Waals surface area contributed by atoms with Gasteiger partial charge < -0.3 is 10.1 Å². The Labute approximate surface area is 99.7 Å². The number of hydrogen-bond donors (Lipinski definition) is 1. The smallest absolute Gasteiger partial charge is 0.142 e. The fourth-order valence-corrected chi connectivity index (χ4v) is 1.89. The van der Waals surface area contributed by atoms with Gasteiger partial charge in [-0.2, -0.15) is 0 Å². The molecule has 1 aliphatic heterocycles. The van der Waals surface area contributed by atoms with E-state index in [2.05, 4.69) is 12.2 Å². The fourth-order valence-electron chi connectivity index (χ4n) is 1.77. The Hall–Kier alpha value is -0.640. The van der Waals surface area contributed by atoms with Gasteiger partial charge >= 0.3 is 0 Å². The Bertz CT molecular complexity index is 377. The van der Waals surface area contributed by atoms with Crippen molar-refractivity contribution in [2.75, 3.05) is 13.2 Å². The van der Waals surface area contributed by atoms with Gasteiger partial charge in [-0.05, 0) is 31.0 Å². The summed E-state index contributed by atoms with van der Waals surface area (Å²) in [6.45, 7) is 4.25. The standard InChI is InChI=1S/C12H15ClFNO/c1-12(4-5-16-8-12)15-7-9-2-3-10(13)11(14)6-9/h2-3,6,15H,4-5,7-8H2,1H3. The van der Waals surface area contributed by atoms with Crippen molar-refractivity contribution in [1.29, 1.82) is 0 Å². The highest BCUT2D eigenvalue weighted by Gasteiger charge is 2.28. The van der Waals surface area contributed by atoms with Gasteiger partial charge in [0.1, 0.15) is 5.82 Å². The summed E-state index contributed by atoms with van der Waals surface area (Å²) in [6, 6.07) is 4.88. The van der Waals surface area contributed by atoms with Crippen molar-refractivity contribution in [2.45, 2.75) is 25.4 Å². The van der Waals surface area contributed by atoms with Gasteiger partial charge in [0.15, 0.2) is 0 Å². The molecule has 0 aliphatic carbocycles. The van der Waals surface area contributed by atoms with Crippen molar-refractivity contribution >= 4 is 11.6 Å². The molecule has 1 N–H and O–H groups in total. The number of ether oxygens (including phenoxy) is 1. The highest BCUT2D eigenvalue weighted by atomic mass is 35.5. The zero-order valence-corrected chi connectivity index (χ0v) is 9.98. The molecule has 2 nitrogen and oxygen atoms in total. The minimum absolute atomic E-state index is 0.0100. The fraction of sp³-hybridized carbons (Fsp3) is 0.500. The van der Waals surface area contributed by atoms with Gasteiger partial charge in [0.05, 0.1) is 11.6 Å². The van der Waals surface area contributed by atoms with Crippen LogP contribution in [0.4, 0.5) is 4.39 Å². The van der Waals surface area contributed by atoms with Crippen LogP contribution in [-0.4, -0.2) is 18.8 Å². The molecule has 88 valence electrons. The van der Waals surface area contributed by atoms with Crippen molar-refractivity contribution in [3.8, 4) is 0 Å². The summed E-state index contributed by atoms with van der Waals surface area (Å²) in [7, 11) is 0. The maximum absolute atomic E-state index is 13.2. The lowest BCUT2D eigenvalue weighted by Crippen LogP contribution is -2.42. The lowest BCUT2D eigenvalue weighted by molar-refractivity contribution is 0.171.